The molecule has 3 N–H and O–H groups in total. The molecule has 2 aromatic rings. The standard InChI is InChI=1S/C17H21BrN2O/c1-10-5-7-13(15(18)9-10)16(20-19)14-8-6-11(2)12(3)17(14)21-4/h5-9,16,20H,19H2,1-4H3. The van der Waals surface area contributed by atoms with Crippen molar-refractivity contribution >= 4 is 15.9 Å². The first-order chi connectivity index (χ1) is 9.99. The van der Waals surface area contributed by atoms with Crippen molar-refractivity contribution in [2.24, 2.45) is 5.84 Å². The minimum atomic E-state index is -0.130. The van der Waals surface area contributed by atoms with Gasteiger partial charge in [-0.1, -0.05) is 40.2 Å². The molecule has 0 saturated heterocycles. The van der Waals surface area contributed by atoms with E-state index in [1.165, 1.54) is 11.1 Å². The number of halogens is 1. The van der Waals surface area contributed by atoms with Crippen molar-refractivity contribution in [1.29, 1.82) is 0 Å². The molecule has 0 radical (unpaired) electrons. The van der Waals surface area contributed by atoms with Gasteiger partial charge in [-0.25, -0.2) is 5.43 Å². The molecule has 2 rings (SSSR count). The van der Waals surface area contributed by atoms with E-state index in [4.69, 9.17) is 10.6 Å². The van der Waals surface area contributed by atoms with Crippen LogP contribution in [0, 0.1) is 20.8 Å². The molecule has 0 amide bonds. The van der Waals surface area contributed by atoms with Crippen LogP contribution < -0.4 is 16.0 Å². The zero-order valence-corrected chi connectivity index (χ0v) is 14.4. The average Bonchev–Trinajstić information content (AvgIpc) is 2.45. The lowest BCUT2D eigenvalue weighted by atomic mass is 9.94. The van der Waals surface area contributed by atoms with Crippen LogP contribution in [0.3, 0.4) is 0 Å². The number of hydrogen-bond acceptors (Lipinski definition) is 3. The molecule has 21 heavy (non-hydrogen) atoms. The van der Waals surface area contributed by atoms with E-state index in [9.17, 15) is 0 Å². The summed E-state index contributed by atoms with van der Waals surface area (Å²) in [7, 11) is 1.70. The van der Waals surface area contributed by atoms with Gasteiger partial charge in [-0.2, -0.15) is 0 Å². The Balaban J connectivity index is 2.59. The Kier molecular flexibility index (Phi) is 5.04. The Bertz CT molecular complexity index is 655. The van der Waals surface area contributed by atoms with E-state index in [1.807, 2.05) is 0 Å². The van der Waals surface area contributed by atoms with E-state index in [1.54, 1.807) is 7.11 Å². The van der Waals surface area contributed by atoms with Gasteiger partial charge in [-0.15, -0.1) is 0 Å². The van der Waals surface area contributed by atoms with Crippen molar-refractivity contribution in [3.8, 4) is 5.75 Å². The van der Waals surface area contributed by atoms with Crippen LogP contribution in [-0.4, -0.2) is 7.11 Å². The smallest absolute Gasteiger partial charge is 0.127 e. The van der Waals surface area contributed by atoms with E-state index < -0.39 is 0 Å². The molecule has 1 unspecified atom stereocenters. The van der Waals surface area contributed by atoms with Gasteiger partial charge in [0.2, 0.25) is 0 Å². The van der Waals surface area contributed by atoms with Crippen molar-refractivity contribution in [3.63, 3.8) is 0 Å². The average molecular weight is 349 g/mol. The summed E-state index contributed by atoms with van der Waals surface area (Å²) in [5, 5.41) is 0. The molecule has 112 valence electrons. The van der Waals surface area contributed by atoms with Gasteiger partial charge in [0.05, 0.1) is 13.2 Å². The second-order valence-electron chi connectivity index (χ2n) is 5.25. The number of methoxy groups -OCH3 is 1. The van der Waals surface area contributed by atoms with Crippen LogP contribution in [0.2, 0.25) is 0 Å². The maximum atomic E-state index is 5.83. The molecule has 3 nitrogen and oxygen atoms in total. The Morgan fingerprint density at radius 3 is 2.33 bits per heavy atom. The Labute approximate surface area is 134 Å². The fourth-order valence-electron chi connectivity index (χ4n) is 2.52. The number of hydrazine groups is 1. The normalized spacial score (nSPS) is 12.3. The summed E-state index contributed by atoms with van der Waals surface area (Å²) < 4.78 is 6.65. The van der Waals surface area contributed by atoms with E-state index in [0.29, 0.717) is 0 Å². The summed E-state index contributed by atoms with van der Waals surface area (Å²) in [5.74, 6) is 6.71. The van der Waals surface area contributed by atoms with Gasteiger partial charge < -0.3 is 4.74 Å². The predicted molar refractivity (Wildman–Crippen MR) is 90.5 cm³/mol. The van der Waals surface area contributed by atoms with Gasteiger partial charge in [0, 0.05) is 10.0 Å². The predicted octanol–water partition coefficient (Wildman–Crippen LogP) is 3.94. The van der Waals surface area contributed by atoms with Crippen LogP contribution in [-0.2, 0) is 0 Å². The minimum absolute atomic E-state index is 0.130. The summed E-state index contributed by atoms with van der Waals surface area (Å²) >= 11 is 3.63. The van der Waals surface area contributed by atoms with Crippen LogP contribution in [0.15, 0.2) is 34.8 Å². The highest BCUT2D eigenvalue weighted by molar-refractivity contribution is 9.10. The second-order valence-corrected chi connectivity index (χ2v) is 6.11. The van der Waals surface area contributed by atoms with Gasteiger partial charge in [0.25, 0.3) is 0 Å². The molecular formula is C17H21BrN2O. The molecule has 0 spiro atoms. The number of hydrogen-bond donors (Lipinski definition) is 2. The molecule has 0 aliphatic rings. The molecule has 0 aliphatic heterocycles. The monoisotopic (exact) mass is 348 g/mol. The van der Waals surface area contributed by atoms with Crippen molar-refractivity contribution in [1.82, 2.24) is 5.43 Å². The zero-order chi connectivity index (χ0) is 15.6. The third-order valence-corrected chi connectivity index (χ3v) is 4.54. The van der Waals surface area contributed by atoms with Crippen molar-refractivity contribution in [2.75, 3.05) is 7.11 Å². The molecule has 0 aliphatic carbocycles. The zero-order valence-electron chi connectivity index (χ0n) is 12.8. The Hall–Kier alpha value is -1.36. The summed E-state index contributed by atoms with van der Waals surface area (Å²) in [5.41, 5.74) is 8.57. The van der Waals surface area contributed by atoms with Crippen LogP contribution in [0.1, 0.15) is 33.9 Å². The highest BCUT2D eigenvalue weighted by Gasteiger charge is 2.21. The summed E-state index contributed by atoms with van der Waals surface area (Å²) in [4.78, 5) is 0. The van der Waals surface area contributed by atoms with Gasteiger partial charge in [0.15, 0.2) is 0 Å². The fourth-order valence-corrected chi connectivity index (χ4v) is 3.24. The topological polar surface area (TPSA) is 47.3 Å². The minimum Gasteiger partial charge on any atom is -0.496 e. The highest BCUT2D eigenvalue weighted by Crippen LogP contribution is 2.36. The van der Waals surface area contributed by atoms with E-state index in [-0.39, 0.29) is 6.04 Å². The maximum Gasteiger partial charge on any atom is 0.127 e. The SMILES string of the molecule is COc1c(C(NN)c2ccc(C)cc2Br)ccc(C)c1C. The van der Waals surface area contributed by atoms with E-state index in [0.717, 1.165) is 26.9 Å². The fraction of sp³-hybridized carbons (Fsp3) is 0.294. The van der Waals surface area contributed by atoms with E-state index >= 15 is 0 Å². The lowest BCUT2D eigenvalue weighted by Gasteiger charge is -2.23. The molecular weight excluding hydrogens is 328 g/mol. The van der Waals surface area contributed by atoms with Gasteiger partial charge in [-0.3, -0.25) is 5.84 Å². The molecule has 0 heterocycles. The van der Waals surface area contributed by atoms with Crippen molar-refractivity contribution in [2.45, 2.75) is 26.8 Å². The number of rotatable bonds is 4. The molecule has 0 fully saturated rings. The molecule has 2 aromatic carbocycles. The lowest BCUT2D eigenvalue weighted by Crippen LogP contribution is -2.29. The first-order valence-corrected chi connectivity index (χ1v) is 7.65. The molecule has 4 heteroatoms. The number of nitrogens with one attached hydrogen (secondary N) is 1. The number of ether oxygens (including phenoxy) is 1. The third-order valence-electron chi connectivity index (χ3n) is 3.86. The van der Waals surface area contributed by atoms with Crippen molar-refractivity contribution < 1.29 is 4.74 Å². The van der Waals surface area contributed by atoms with Gasteiger partial charge in [-0.05, 0) is 49.1 Å². The van der Waals surface area contributed by atoms with Gasteiger partial charge >= 0.3 is 0 Å². The summed E-state index contributed by atoms with van der Waals surface area (Å²) in [6, 6.07) is 10.3. The van der Waals surface area contributed by atoms with Crippen LogP contribution >= 0.6 is 15.9 Å². The van der Waals surface area contributed by atoms with Crippen LogP contribution in [0.25, 0.3) is 0 Å². The molecule has 0 bridgehead atoms. The van der Waals surface area contributed by atoms with E-state index in [2.05, 4.69) is 72.5 Å². The van der Waals surface area contributed by atoms with Crippen LogP contribution in [0.5, 0.6) is 5.75 Å². The molecule has 1 atom stereocenters. The second kappa shape index (κ2) is 6.60. The number of nitrogens with two attached hydrogens (primary N) is 1. The Morgan fingerprint density at radius 2 is 1.76 bits per heavy atom. The molecule has 0 aromatic heterocycles. The highest BCUT2D eigenvalue weighted by atomic mass is 79.9. The quantitative estimate of drug-likeness (QED) is 0.649. The van der Waals surface area contributed by atoms with Crippen LogP contribution in [0.4, 0.5) is 0 Å². The number of aryl methyl sites for hydroxylation is 2. The summed E-state index contributed by atoms with van der Waals surface area (Å²) in [6.45, 7) is 6.21. The van der Waals surface area contributed by atoms with Crippen molar-refractivity contribution in [3.05, 3.63) is 62.6 Å². The Morgan fingerprint density at radius 1 is 1.10 bits per heavy atom. The first-order valence-electron chi connectivity index (χ1n) is 6.85. The van der Waals surface area contributed by atoms with Gasteiger partial charge in [0.1, 0.15) is 5.75 Å². The summed E-state index contributed by atoms with van der Waals surface area (Å²) in [6.07, 6.45) is 0. The number of benzene rings is 2. The largest absolute Gasteiger partial charge is 0.496 e. The lowest BCUT2D eigenvalue weighted by molar-refractivity contribution is 0.400. The molecule has 0 saturated carbocycles. The third kappa shape index (κ3) is 3.12. The first kappa shape index (κ1) is 16.0. The maximum absolute atomic E-state index is 5.83.